The van der Waals surface area contributed by atoms with Crippen LogP contribution in [0.5, 0.6) is 0 Å². The maximum atomic E-state index is 13.6. The van der Waals surface area contributed by atoms with Gasteiger partial charge in [-0.25, -0.2) is 8.42 Å². The minimum absolute atomic E-state index is 0.160. The van der Waals surface area contributed by atoms with Gasteiger partial charge >= 0.3 is 0 Å². The van der Waals surface area contributed by atoms with Crippen LogP contribution in [0.4, 0.5) is 0 Å². The summed E-state index contributed by atoms with van der Waals surface area (Å²) in [7, 11) is -3.83. The van der Waals surface area contributed by atoms with E-state index in [2.05, 4.69) is 22.0 Å². The van der Waals surface area contributed by atoms with Gasteiger partial charge in [0.05, 0.1) is 22.7 Å². The Bertz CT molecular complexity index is 1280. The van der Waals surface area contributed by atoms with Crippen molar-refractivity contribution in [3.05, 3.63) is 106 Å². The van der Waals surface area contributed by atoms with E-state index in [0.717, 1.165) is 15.6 Å². The fourth-order valence-electron chi connectivity index (χ4n) is 3.38. The molecule has 0 fully saturated rings. The van der Waals surface area contributed by atoms with Gasteiger partial charge in [0.2, 0.25) is 0 Å². The third-order valence-corrected chi connectivity index (χ3v) is 7.35. The molecule has 0 saturated carbocycles. The van der Waals surface area contributed by atoms with E-state index in [1.165, 1.54) is 10.5 Å². The molecule has 1 atom stereocenters. The van der Waals surface area contributed by atoms with Gasteiger partial charge in [0.1, 0.15) is 18.4 Å². The first-order chi connectivity index (χ1) is 14.9. The number of benzene rings is 3. The molecule has 0 N–H and O–H groups in total. The number of nitriles is 1. The Morgan fingerprint density at radius 3 is 2.42 bits per heavy atom. The molecule has 0 aromatic heterocycles. The Morgan fingerprint density at radius 2 is 1.77 bits per heavy atom. The normalized spacial score (nSPS) is 16.2. The van der Waals surface area contributed by atoms with Crippen LogP contribution in [0, 0.1) is 18.3 Å². The molecule has 0 bridgehead atoms. The molecule has 1 aliphatic heterocycles. The van der Waals surface area contributed by atoms with Gasteiger partial charge in [-0.15, -0.1) is 0 Å². The molecule has 7 heteroatoms. The molecule has 0 spiro atoms. The topological polar surface area (TPSA) is 70.4 Å². The number of aryl methyl sites for hydroxylation is 1. The van der Waals surface area contributed by atoms with Crippen molar-refractivity contribution in [2.24, 2.45) is 0 Å². The third-order valence-electron chi connectivity index (χ3n) is 5.08. The smallest absolute Gasteiger partial charge is 0.264 e. The molecule has 3 aromatic rings. The quantitative estimate of drug-likeness (QED) is 0.487. The molecule has 31 heavy (non-hydrogen) atoms. The van der Waals surface area contributed by atoms with Crippen LogP contribution >= 0.6 is 15.9 Å². The van der Waals surface area contributed by atoms with E-state index in [-0.39, 0.29) is 11.5 Å². The number of ether oxygens (including phenoxy) is 1. The number of nitrogens with zero attached hydrogens (tertiary/aromatic N) is 2. The lowest BCUT2D eigenvalue weighted by Gasteiger charge is -2.35. The lowest BCUT2D eigenvalue weighted by molar-refractivity contribution is 0.178. The van der Waals surface area contributed by atoms with Gasteiger partial charge in [0.15, 0.2) is 0 Å². The predicted molar refractivity (Wildman–Crippen MR) is 122 cm³/mol. The van der Waals surface area contributed by atoms with Crippen molar-refractivity contribution in [2.45, 2.75) is 17.9 Å². The summed E-state index contributed by atoms with van der Waals surface area (Å²) >= 11 is 3.46. The first-order valence-electron chi connectivity index (χ1n) is 9.59. The number of hydrogen-bond donors (Lipinski definition) is 0. The first kappa shape index (κ1) is 21.2. The maximum Gasteiger partial charge on any atom is 0.264 e. The Hall–Kier alpha value is -3.08. The monoisotopic (exact) mass is 494 g/mol. The highest BCUT2D eigenvalue weighted by Crippen LogP contribution is 2.36. The highest BCUT2D eigenvalue weighted by Gasteiger charge is 2.34. The van der Waals surface area contributed by atoms with Crippen LogP contribution in [0.2, 0.25) is 0 Å². The summed E-state index contributed by atoms with van der Waals surface area (Å²) in [5, 5.41) is 9.03. The van der Waals surface area contributed by atoms with Gasteiger partial charge < -0.3 is 4.74 Å². The second kappa shape index (κ2) is 8.58. The maximum absolute atomic E-state index is 13.6. The summed E-state index contributed by atoms with van der Waals surface area (Å²) in [6.45, 7) is 2.08. The van der Waals surface area contributed by atoms with E-state index in [4.69, 9.17) is 10.00 Å². The molecule has 4 rings (SSSR count). The number of rotatable bonds is 4. The summed E-state index contributed by atoms with van der Waals surface area (Å²) in [4.78, 5) is 0.218. The highest BCUT2D eigenvalue weighted by molar-refractivity contribution is 9.10. The summed E-state index contributed by atoms with van der Waals surface area (Å²) in [6.07, 6.45) is 1.53. The minimum Gasteiger partial charge on any atom is -0.489 e. The number of halogens is 1. The Morgan fingerprint density at radius 1 is 1.06 bits per heavy atom. The Labute approximate surface area is 190 Å². The van der Waals surface area contributed by atoms with E-state index >= 15 is 0 Å². The average Bonchev–Trinajstić information content (AvgIpc) is 2.79. The van der Waals surface area contributed by atoms with Crippen molar-refractivity contribution in [3.8, 4) is 6.07 Å². The van der Waals surface area contributed by atoms with Crippen molar-refractivity contribution in [3.63, 3.8) is 0 Å². The average molecular weight is 495 g/mol. The first-order valence-corrected chi connectivity index (χ1v) is 11.8. The van der Waals surface area contributed by atoms with Gasteiger partial charge in [0, 0.05) is 10.0 Å². The van der Waals surface area contributed by atoms with E-state index in [9.17, 15) is 8.42 Å². The van der Waals surface area contributed by atoms with Crippen LogP contribution in [-0.2, 0) is 14.8 Å². The molecule has 1 aliphatic rings. The summed E-state index contributed by atoms with van der Waals surface area (Å²) < 4.78 is 35.4. The lowest BCUT2D eigenvalue weighted by Crippen LogP contribution is -2.36. The Balaban J connectivity index is 1.81. The predicted octanol–water partition coefficient (Wildman–Crippen LogP) is 5.39. The second-order valence-corrected chi connectivity index (χ2v) is 9.97. The van der Waals surface area contributed by atoms with Crippen molar-refractivity contribution in [2.75, 3.05) is 6.61 Å². The van der Waals surface area contributed by atoms with Crippen LogP contribution in [0.25, 0.3) is 5.76 Å². The molecule has 3 aromatic carbocycles. The van der Waals surface area contributed by atoms with Crippen LogP contribution in [0.3, 0.4) is 0 Å². The van der Waals surface area contributed by atoms with Crippen molar-refractivity contribution >= 4 is 31.7 Å². The second-order valence-electron chi connectivity index (χ2n) is 7.21. The largest absolute Gasteiger partial charge is 0.489 e. The molecule has 0 saturated heterocycles. The lowest BCUT2D eigenvalue weighted by atomic mass is 10.1. The minimum atomic E-state index is -3.83. The van der Waals surface area contributed by atoms with Gasteiger partial charge in [-0.05, 0) is 61.0 Å². The van der Waals surface area contributed by atoms with Gasteiger partial charge in [-0.2, -0.15) is 5.26 Å². The molecule has 1 unspecified atom stereocenters. The van der Waals surface area contributed by atoms with Gasteiger partial charge in [-0.3, -0.25) is 4.31 Å². The van der Waals surface area contributed by atoms with E-state index in [1.54, 1.807) is 48.5 Å². The molecule has 0 radical (unpaired) electrons. The van der Waals surface area contributed by atoms with Crippen LogP contribution < -0.4 is 0 Å². The van der Waals surface area contributed by atoms with Gasteiger partial charge in [0.25, 0.3) is 10.0 Å². The van der Waals surface area contributed by atoms with Crippen LogP contribution in [0.1, 0.15) is 28.3 Å². The summed E-state index contributed by atoms with van der Waals surface area (Å²) in [5.74, 6) is 0.437. The zero-order valence-corrected chi connectivity index (χ0v) is 19.1. The molecule has 0 amide bonds. The number of sulfonamides is 1. The molecule has 0 aliphatic carbocycles. The Kier molecular flexibility index (Phi) is 5.86. The van der Waals surface area contributed by atoms with E-state index < -0.39 is 16.1 Å². The molecular weight excluding hydrogens is 476 g/mol. The zero-order valence-electron chi connectivity index (χ0n) is 16.7. The molecule has 1 heterocycles. The SMILES string of the molecule is Cc1ccc(S(=O)(=O)N2C=C(c3ccc(C#N)cc3)OCC2c2cccc(Br)c2)cc1. The van der Waals surface area contributed by atoms with E-state index in [1.807, 2.05) is 31.2 Å². The summed E-state index contributed by atoms with van der Waals surface area (Å²) in [6, 6.07) is 22.8. The van der Waals surface area contributed by atoms with Crippen molar-refractivity contribution in [1.29, 1.82) is 5.26 Å². The van der Waals surface area contributed by atoms with Crippen LogP contribution in [0.15, 0.2) is 88.4 Å². The van der Waals surface area contributed by atoms with Crippen molar-refractivity contribution in [1.82, 2.24) is 4.31 Å². The summed E-state index contributed by atoms with van der Waals surface area (Å²) in [5.41, 5.74) is 3.03. The standard InChI is InChI=1S/C24H19BrN2O3S/c1-17-5-11-22(12-6-17)31(28,29)27-15-24(19-9-7-18(14-26)8-10-19)30-16-23(27)20-3-2-4-21(25)13-20/h2-13,15,23H,16H2,1H3. The van der Waals surface area contributed by atoms with Gasteiger partial charge in [-0.1, -0.05) is 45.8 Å². The number of hydrogen-bond acceptors (Lipinski definition) is 4. The fraction of sp³-hybridized carbons (Fsp3) is 0.125. The molecule has 5 nitrogen and oxygen atoms in total. The highest BCUT2D eigenvalue weighted by atomic mass is 79.9. The third kappa shape index (κ3) is 4.36. The molecule has 156 valence electrons. The van der Waals surface area contributed by atoms with Crippen LogP contribution in [-0.4, -0.2) is 19.3 Å². The van der Waals surface area contributed by atoms with Crippen molar-refractivity contribution < 1.29 is 13.2 Å². The molecular formula is C24H19BrN2O3S. The zero-order chi connectivity index (χ0) is 22.0. The van der Waals surface area contributed by atoms with E-state index in [0.29, 0.717) is 16.9 Å². The fourth-order valence-corrected chi connectivity index (χ4v) is 5.27.